The summed E-state index contributed by atoms with van der Waals surface area (Å²) >= 11 is 1.30. The fraction of sp³-hybridized carbons (Fsp3) is 0.333. The minimum atomic E-state index is -0.639. The van der Waals surface area contributed by atoms with Crippen LogP contribution in [-0.4, -0.2) is 60.6 Å². The predicted molar refractivity (Wildman–Crippen MR) is 128 cm³/mol. The highest BCUT2D eigenvalue weighted by molar-refractivity contribution is 7.15. The Kier molecular flexibility index (Phi) is 6.12. The van der Waals surface area contributed by atoms with Crippen LogP contribution in [0.5, 0.6) is 5.75 Å². The second kappa shape index (κ2) is 9.23. The first-order valence-corrected chi connectivity index (χ1v) is 12.0. The van der Waals surface area contributed by atoms with Gasteiger partial charge in [0.15, 0.2) is 5.69 Å². The average Bonchev–Trinajstić information content (AvgIpc) is 3.49. The maximum absolute atomic E-state index is 13.3. The van der Waals surface area contributed by atoms with Gasteiger partial charge in [-0.15, -0.1) is 11.3 Å². The Balaban J connectivity index is 1.46. The van der Waals surface area contributed by atoms with Crippen LogP contribution in [-0.2, 0) is 16.1 Å². The van der Waals surface area contributed by atoms with Crippen LogP contribution < -0.4 is 5.56 Å². The SMILES string of the molecule is CC1CN(C(=O)Cn2ccn3c(=O)c(O)c(-c4ncc(C(C)c5ccc(F)cc5)s4)nc23)CCO1. The Morgan fingerprint density at radius 1 is 1.31 bits per heavy atom. The number of rotatable bonds is 5. The van der Waals surface area contributed by atoms with Crippen molar-refractivity contribution in [3.05, 3.63) is 69.5 Å². The first-order valence-electron chi connectivity index (χ1n) is 11.2. The van der Waals surface area contributed by atoms with Crippen molar-refractivity contribution in [2.75, 3.05) is 19.7 Å². The van der Waals surface area contributed by atoms with E-state index in [0.717, 1.165) is 10.4 Å². The van der Waals surface area contributed by atoms with E-state index in [2.05, 4.69) is 9.97 Å². The number of nitrogens with zero attached hydrogens (tertiary/aromatic N) is 5. The number of halogens is 1. The van der Waals surface area contributed by atoms with E-state index in [0.29, 0.717) is 24.7 Å². The molecule has 35 heavy (non-hydrogen) atoms. The van der Waals surface area contributed by atoms with Crippen LogP contribution in [0.4, 0.5) is 4.39 Å². The number of carbonyl (C=O) groups is 1. The predicted octanol–water partition coefficient (Wildman–Crippen LogP) is 2.86. The Morgan fingerprint density at radius 2 is 2.09 bits per heavy atom. The Bertz CT molecular complexity index is 1440. The highest BCUT2D eigenvalue weighted by atomic mass is 32.1. The number of hydrogen-bond donors (Lipinski definition) is 1. The van der Waals surface area contributed by atoms with Crippen molar-refractivity contribution in [3.8, 4) is 16.5 Å². The fourth-order valence-corrected chi connectivity index (χ4v) is 5.12. The Labute approximate surface area is 204 Å². The lowest BCUT2D eigenvalue weighted by atomic mass is 10.0. The largest absolute Gasteiger partial charge is 0.501 e. The maximum Gasteiger partial charge on any atom is 0.302 e. The first kappa shape index (κ1) is 23.2. The van der Waals surface area contributed by atoms with Gasteiger partial charge in [-0.2, -0.15) is 0 Å². The number of carbonyl (C=O) groups excluding carboxylic acids is 1. The monoisotopic (exact) mass is 497 g/mol. The molecule has 1 amide bonds. The fourth-order valence-electron chi connectivity index (χ4n) is 4.14. The average molecular weight is 498 g/mol. The summed E-state index contributed by atoms with van der Waals surface area (Å²) in [6, 6.07) is 6.24. The van der Waals surface area contributed by atoms with Crippen LogP contribution in [0.15, 0.2) is 47.7 Å². The molecule has 1 aromatic carbocycles. The normalized spacial score (nSPS) is 17.1. The van der Waals surface area contributed by atoms with Crippen LogP contribution in [0.3, 0.4) is 0 Å². The molecule has 182 valence electrons. The molecule has 5 rings (SSSR count). The van der Waals surface area contributed by atoms with Gasteiger partial charge in [0.1, 0.15) is 17.4 Å². The summed E-state index contributed by atoms with van der Waals surface area (Å²) < 4.78 is 21.6. The number of fused-ring (bicyclic) bond motifs is 1. The molecule has 1 N–H and O–H groups in total. The molecule has 0 spiro atoms. The van der Waals surface area contributed by atoms with E-state index in [-0.39, 0.29) is 41.8 Å². The molecule has 1 aliphatic rings. The van der Waals surface area contributed by atoms with Crippen molar-refractivity contribution in [1.82, 2.24) is 23.8 Å². The number of benzene rings is 1. The number of hydrogen-bond acceptors (Lipinski definition) is 7. The summed E-state index contributed by atoms with van der Waals surface area (Å²) in [4.78, 5) is 37.2. The van der Waals surface area contributed by atoms with Gasteiger partial charge in [-0.1, -0.05) is 19.1 Å². The van der Waals surface area contributed by atoms with Gasteiger partial charge in [0, 0.05) is 42.5 Å². The minimum absolute atomic E-state index is 0.00456. The molecular formula is C24H24FN5O4S. The minimum Gasteiger partial charge on any atom is -0.501 e. The van der Waals surface area contributed by atoms with Gasteiger partial charge in [-0.25, -0.2) is 18.8 Å². The standard InChI is InChI=1S/C24H24FN5O4S/c1-14-12-28(9-10-34-14)19(31)13-29-7-8-30-23(33)21(32)20(27-24(29)30)22-26-11-18(35-22)15(2)16-3-5-17(25)6-4-16/h3-8,11,14-15,32H,9-10,12-13H2,1-2H3. The van der Waals surface area contributed by atoms with Crippen LogP contribution >= 0.6 is 11.3 Å². The number of aromatic hydroxyl groups is 1. The number of amides is 1. The Hall–Kier alpha value is -3.57. The lowest BCUT2D eigenvalue weighted by Crippen LogP contribution is -2.45. The van der Waals surface area contributed by atoms with Crippen LogP contribution in [0, 0.1) is 5.82 Å². The molecule has 0 radical (unpaired) electrons. The summed E-state index contributed by atoms with van der Waals surface area (Å²) in [6.07, 6.45) is 4.71. The second-order valence-corrected chi connectivity index (χ2v) is 9.63. The topological polar surface area (TPSA) is 102 Å². The number of imidazole rings is 1. The molecule has 0 saturated carbocycles. The highest BCUT2D eigenvalue weighted by Crippen LogP contribution is 2.34. The molecule has 4 heterocycles. The van der Waals surface area contributed by atoms with Gasteiger partial charge in [0.2, 0.25) is 17.4 Å². The zero-order chi connectivity index (χ0) is 24.7. The van der Waals surface area contributed by atoms with E-state index in [1.165, 1.54) is 34.1 Å². The summed E-state index contributed by atoms with van der Waals surface area (Å²) in [5.74, 6) is -0.749. The third-order valence-corrected chi connectivity index (χ3v) is 7.33. The second-order valence-electron chi connectivity index (χ2n) is 8.57. The van der Waals surface area contributed by atoms with Gasteiger partial charge in [0.25, 0.3) is 0 Å². The maximum atomic E-state index is 13.3. The molecule has 2 unspecified atom stereocenters. The molecule has 1 fully saturated rings. The van der Waals surface area contributed by atoms with Crippen molar-refractivity contribution < 1.29 is 19.0 Å². The number of morpholine rings is 1. The van der Waals surface area contributed by atoms with Crippen LogP contribution in [0.25, 0.3) is 16.5 Å². The number of aromatic nitrogens is 4. The van der Waals surface area contributed by atoms with E-state index >= 15 is 0 Å². The molecule has 0 aliphatic carbocycles. The molecule has 1 aliphatic heterocycles. The van der Waals surface area contributed by atoms with E-state index in [1.807, 2.05) is 13.8 Å². The third kappa shape index (κ3) is 4.44. The quantitative estimate of drug-likeness (QED) is 0.455. The van der Waals surface area contributed by atoms with Crippen molar-refractivity contribution in [1.29, 1.82) is 0 Å². The molecule has 9 nitrogen and oxygen atoms in total. The van der Waals surface area contributed by atoms with Gasteiger partial charge in [-0.3, -0.25) is 9.59 Å². The van der Waals surface area contributed by atoms with Crippen LogP contribution in [0.2, 0.25) is 0 Å². The molecule has 2 atom stereocenters. The van der Waals surface area contributed by atoms with E-state index in [9.17, 15) is 19.1 Å². The third-order valence-electron chi connectivity index (χ3n) is 6.15. The van der Waals surface area contributed by atoms with Crippen molar-refractivity contribution >= 4 is 23.0 Å². The lowest BCUT2D eigenvalue weighted by Gasteiger charge is -2.31. The van der Waals surface area contributed by atoms with E-state index in [4.69, 9.17) is 4.74 Å². The summed E-state index contributed by atoms with van der Waals surface area (Å²) in [6.45, 7) is 5.39. The van der Waals surface area contributed by atoms with Crippen molar-refractivity contribution in [2.24, 2.45) is 0 Å². The smallest absolute Gasteiger partial charge is 0.302 e. The molecular weight excluding hydrogens is 473 g/mol. The summed E-state index contributed by atoms with van der Waals surface area (Å²) in [7, 11) is 0. The Morgan fingerprint density at radius 3 is 2.83 bits per heavy atom. The molecule has 4 aromatic rings. The van der Waals surface area contributed by atoms with E-state index < -0.39 is 11.3 Å². The number of ether oxygens (including phenoxy) is 1. The van der Waals surface area contributed by atoms with Gasteiger partial charge in [-0.05, 0) is 24.6 Å². The van der Waals surface area contributed by atoms with Gasteiger partial charge < -0.3 is 19.3 Å². The lowest BCUT2D eigenvalue weighted by molar-refractivity contribution is -0.138. The summed E-state index contributed by atoms with van der Waals surface area (Å²) in [5.41, 5.74) is 0.337. The molecule has 0 bridgehead atoms. The van der Waals surface area contributed by atoms with Crippen molar-refractivity contribution in [3.63, 3.8) is 0 Å². The van der Waals surface area contributed by atoms with Gasteiger partial charge in [0.05, 0.1) is 12.7 Å². The van der Waals surface area contributed by atoms with Crippen LogP contribution in [0.1, 0.15) is 30.2 Å². The van der Waals surface area contributed by atoms with Gasteiger partial charge >= 0.3 is 5.56 Å². The highest BCUT2D eigenvalue weighted by Gasteiger charge is 2.24. The van der Waals surface area contributed by atoms with Crippen molar-refractivity contribution in [2.45, 2.75) is 32.4 Å². The summed E-state index contributed by atoms with van der Waals surface area (Å²) in [5, 5.41) is 11.0. The zero-order valence-corrected chi connectivity index (χ0v) is 20.0. The molecule has 11 heteroatoms. The first-order chi connectivity index (χ1) is 16.8. The zero-order valence-electron chi connectivity index (χ0n) is 19.2. The molecule has 1 saturated heterocycles. The molecule has 3 aromatic heterocycles. The van der Waals surface area contributed by atoms with E-state index in [1.54, 1.807) is 34.0 Å². The number of thiazole rings is 1.